The van der Waals surface area contributed by atoms with Crippen molar-refractivity contribution in [3.05, 3.63) is 0 Å². The Morgan fingerprint density at radius 1 is 0.244 bits per heavy atom. The van der Waals surface area contributed by atoms with Crippen molar-refractivity contribution in [1.82, 2.24) is 0 Å². The summed E-state index contributed by atoms with van der Waals surface area (Å²) >= 11 is 43.7. The van der Waals surface area contributed by atoms with Gasteiger partial charge in [0.25, 0.3) is 0 Å². The predicted octanol–water partition coefficient (Wildman–Crippen LogP) is -9.16. The Morgan fingerprint density at radius 3 is 0.244 bits per heavy atom. The summed E-state index contributed by atoms with van der Waals surface area (Å²) in [5.74, 6) is 0. The molecule has 0 aliphatic heterocycles. The van der Waals surface area contributed by atoms with E-state index in [1.807, 2.05) is 0 Å². The SMILES string of the molecule is [Mo+6].[Mo+6].[Mo+6].[Mo+6].[Mo+6].[O-]P([O-])(=S)[S-].[O-]P([O-])(=S)[S-].[O-]P([O-])(=S)[S-].[O-]P([O-])(=S)[S-].[O-]P([O-])(=S)[S-].[O-]P([O-])(=S)[S-].[S-2].[S-2].[S-2].[S-2].[S-2].[S-2]. The molecule has 12 nitrogen and oxygen atoms in total. The van der Waals surface area contributed by atoms with Crippen LogP contribution in [-0.4, -0.2) is 0 Å². The molecule has 0 N–H and O–H groups in total. The quantitative estimate of drug-likeness (QED) is 0.124. The Morgan fingerprint density at radius 2 is 0.244 bits per heavy atom. The number of hydrogen-bond acceptors (Lipinski definition) is 24. The third-order valence-corrected chi connectivity index (χ3v) is 0. The normalized spacial score (nSPS) is 8.63. The summed E-state index contributed by atoms with van der Waals surface area (Å²) in [6, 6.07) is 0. The van der Waals surface area contributed by atoms with Crippen LogP contribution >= 0.6 is 34.2 Å². The second kappa shape index (κ2) is 57.8. The molecule has 0 aromatic carbocycles. The van der Waals surface area contributed by atoms with Crippen LogP contribution in [0.25, 0.3) is 0 Å². The predicted molar refractivity (Wildman–Crippen MR) is 174 cm³/mol. The first-order valence-corrected chi connectivity index (χ1v) is 26.3. The van der Waals surface area contributed by atoms with Gasteiger partial charge in [0.15, 0.2) is 0 Å². The van der Waals surface area contributed by atoms with E-state index in [1.54, 1.807) is 0 Å². The van der Waals surface area contributed by atoms with Crippen molar-refractivity contribution in [3.63, 3.8) is 0 Å². The van der Waals surface area contributed by atoms with Crippen molar-refractivity contribution in [2.24, 2.45) is 0 Å². The van der Waals surface area contributed by atoms with E-state index in [0.717, 1.165) is 0 Å². The van der Waals surface area contributed by atoms with Gasteiger partial charge in [0.05, 0.1) is 0 Å². The van der Waals surface area contributed by atoms with Crippen LogP contribution in [-0.2, 0) is 331 Å². The van der Waals surface area contributed by atoms with E-state index >= 15 is 0 Å². The van der Waals surface area contributed by atoms with E-state index in [4.69, 9.17) is 0 Å². The van der Waals surface area contributed by atoms with Crippen molar-refractivity contribution < 1.29 is 164 Å². The van der Waals surface area contributed by atoms with Crippen molar-refractivity contribution in [3.8, 4) is 0 Å². The van der Waals surface area contributed by atoms with E-state index in [-0.39, 0.29) is 186 Å². The van der Waals surface area contributed by atoms with Gasteiger partial charge < -0.3 is 247 Å². The summed E-state index contributed by atoms with van der Waals surface area (Å²) in [5, 5.41) is 0. The van der Waals surface area contributed by atoms with Gasteiger partial charge >= 0.3 is 105 Å². The molecule has 0 aliphatic rings. The van der Waals surface area contributed by atoms with E-state index in [0.29, 0.717) is 0 Å². The summed E-state index contributed by atoms with van der Waals surface area (Å²) < 4.78 is 0. The zero-order valence-electron chi connectivity index (χ0n) is 17.0. The van der Waals surface area contributed by atoms with Gasteiger partial charge in [-0.15, -0.1) is 0 Å². The Bertz CT molecular complexity index is 507. The molecule has 41 heteroatoms. The Kier molecular flexibility index (Phi) is 156. The Hall–Kier alpha value is 11.1. The Labute approximate surface area is 415 Å². The van der Waals surface area contributed by atoms with Crippen LogP contribution in [0.15, 0.2) is 0 Å². The van der Waals surface area contributed by atoms with Gasteiger partial charge in [0.2, 0.25) is 0 Å². The van der Waals surface area contributed by atoms with Crippen molar-refractivity contribution in [2.75, 3.05) is 0 Å². The molecule has 0 rings (SSSR count). The molecule has 0 atom stereocenters. The van der Waals surface area contributed by atoms with Crippen LogP contribution in [0.1, 0.15) is 0 Å². The fourth-order valence-corrected chi connectivity index (χ4v) is 0. The standard InChI is InChI=1S/5Mo.6H3O2PS2.6S/c;;;;;6*1-3(2,4)5;;;;;;/h;;;;;6*(H3,1,2,4,5);;;;;;/q5*+6;;;;;;;6*-2/p-18. The molecule has 0 heterocycles. The first kappa shape index (κ1) is 110. The minimum atomic E-state index is -3.72. The maximum atomic E-state index is 9.29. The van der Waals surface area contributed by atoms with Crippen molar-refractivity contribution in [1.29, 1.82) is 0 Å². The maximum absolute atomic E-state index is 9.29. The summed E-state index contributed by atoms with van der Waals surface area (Å²) in [5.41, 5.74) is -22.3. The first-order chi connectivity index (χ1) is 12.0. The summed E-state index contributed by atoms with van der Waals surface area (Å²) in [6.07, 6.45) is 0. The molecule has 0 aromatic heterocycles. The van der Waals surface area contributed by atoms with Gasteiger partial charge in [-0.1, -0.05) is 0 Å². The molecule has 0 unspecified atom stereocenters. The van der Waals surface area contributed by atoms with Gasteiger partial charge in [-0.2, -0.15) is 70.8 Å². The van der Waals surface area contributed by atoms with Crippen molar-refractivity contribution in [2.45, 2.75) is 0 Å². The largest absolute Gasteiger partial charge is 6.00 e. The fourth-order valence-electron chi connectivity index (χ4n) is 0. The fraction of sp³-hybridized carbons (Fsp3) is 0. The molecule has 0 saturated heterocycles. The smallest absolute Gasteiger partial charge is 2.00 e. The third-order valence-electron chi connectivity index (χ3n) is 0. The average Bonchev–Trinajstić information content (AvgIpc) is 1.94. The zero-order valence-corrected chi connectivity index (χ0v) is 47.1. The third kappa shape index (κ3) is 1000. The number of rotatable bonds is 0. The summed E-state index contributed by atoms with van der Waals surface area (Å²) in [6.45, 7) is 0. The molecule has 0 spiro atoms. The minimum Gasteiger partial charge on any atom is -2.00 e. The van der Waals surface area contributed by atoms with Crippen LogP contribution in [0.4, 0.5) is 0 Å². The van der Waals surface area contributed by atoms with Crippen molar-refractivity contribution >= 4 is 259 Å². The monoisotopic (exact) mass is 1440 g/mol. The number of hydrogen-bond donors (Lipinski definition) is 0. The molecular formula is Mo5O12P6S18. The van der Waals surface area contributed by atoms with Gasteiger partial charge in [-0.05, 0) is 0 Å². The average molecular weight is 1430 g/mol. The topological polar surface area (TPSA) is 277 Å². The molecule has 0 aliphatic carbocycles. The van der Waals surface area contributed by atoms with E-state index in [9.17, 15) is 58.7 Å². The first-order valence-electron chi connectivity index (χ1n) is 4.38. The molecule has 0 amide bonds. The second-order valence-electron chi connectivity index (χ2n) is 2.68. The second-order valence-corrected chi connectivity index (χ2v) is 29.5. The maximum Gasteiger partial charge on any atom is 6.00 e. The van der Waals surface area contributed by atoms with Gasteiger partial charge in [-0.25, -0.2) is 0 Å². The van der Waals surface area contributed by atoms with Crippen LogP contribution in [0.5, 0.6) is 0 Å². The van der Waals surface area contributed by atoms with E-state index in [1.165, 1.54) is 0 Å². The minimum absolute atomic E-state index is 0. The van der Waals surface area contributed by atoms with Gasteiger partial charge in [-0.3, -0.25) is 0 Å². The van der Waals surface area contributed by atoms with Crippen LogP contribution in [0, 0.1) is 0 Å². The molecule has 41 heavy (non-hydrogen) atoms. The molecule has 0 aromatic rings. The van der Waals surface area contributed by atoms with Crippen LogP contribution in [0.2, 0.25) is 0 Å². The molecule has 0 radical (unpaired) electrons. The molecule has 0 fully saturated rings. The molecule has 0 bridgehead atoms. The summed E-state index contributed by atoms with van der Waals surface area (Å²) in [7, 11) is 0. The Balaban J connectivity index is -0.0000000107. The summed E-state index contributed by atoms with van der Waals surface area (Å²) in [4.78, 5) is 111. The van der Waals surface area contributed by atoms with Gasteiger partial charge in [0, 0.05) is 0 Å². The van der Waals surface area contributed by atoms with Crippen LogP contribution < -0.4 is 58.7 Å². The molecule has 240 valence electrons. The molecule has 0 saturated carbocycles. The van der Waals surface area contributed by atoms with Crippen LogP contribution in [0.3, 0.4) is 0 Å². The molecular weight excluding hydrogens is 1430 g/mol. The van der Waals surface area contributed by atoms with E-state index < -0.39 is 34.2 Å². The van der Waals surface area contributed by atoms with Gasteiger partial charge in [0.1, 0.15) is 0 Å². The van der Waals surface area contributed by atoms with E-state index in [2.05, 4.69) is 144 Å². The zero-order chi connectivity index (χ0) is 27.0.